The van der Waals surface area contributed by atoms with Gasteiger partial charge in [0.15, 0.2) is 0 Å². The van der Waals surface area contributed by atoms with Crippen molar-refractivity contribution >= 4 is 11.9 Å². The minimum absolute atomic E-state index is 0.309. The van der Waals surface area contributed by atoms with Crippen molar-refractivity contribution in [3.05, 3.63) is 23.3 Å². The van der Waals surface area contributed by atoms with Gasteiger partial charge in [0, 0.05) is 11.1 Å². The molecule has 1 atom stereocenters. The Morgan fingerprint density at radius 3 is 2.24 bits per heavy atom. The summed E-state index contributed by atoms with van der Waals surface area (Å²) in [6.07, 6.45) is 0.691. The van der Waals surface area contributed by atoms with Crippen LogP contribution in [0.25, 0.3) is 0 Å². The van der Waals surface area contributed by atoms with Gasteiger partial charge in [-0.2, -0.15) is 0 Å². The second kappa shape index (κ2) is 7.98. The second-order valence-corrected chi connectivity index (χ2v) is 6.03. The van der Waals surface area contributed by atoms with Crippen LogP contribution in [0.5, 0.6) is 0 Å². The fraction of sp³-hybridized carbons (Fsp3) is 0.625. The van der Waals surface area contributed by atoms with E-state index in [-0.39, 0.29) is 6.10 Å². The molecule has 0 saturated carbocycles. The summed E-state index contributed by atoms with van der Waals surface area (Å²) in [7, 11) is 0. The standard InChI is InChI=1S/C16H27NO4/c1-10(2)15(20)21-11(3)9-16(5,6)13(7-8-17)12(4)14(18)19/h11H,1,7-9,17H2,2-6H3,(H,18,19). The molecule has 0 amide bonds. The third kappa shape index (κ3) is 6.12. The molecule has 5 heteroatoms. The highest BCUT2D eigenvalue weighted by Gasteiger charge is 2.29. The Kier molecular flexibility index (Phi) is 7.36. The molecule has 0 aromatic heterocycles. The fourth-order valence-corrected chi connectivity index (χ4v) is 2.47. The van der Waals surface area contributed by atoms with Gasteiger partial charge in [-0.15, -0.1) is 0 Å². The van der Waals surface area contributed by atoms with Crippen molar-refractivity contribution in [1.82, 2.24) is 0 Å². The van der Waals surface area contributed by atoms with Crippen LogP contribution >= 0.6 is 0 Å². The van der Waals surface area contributed by atoms with E-state index in [1.807, 2.05) is 13.8 Å². The first-order chi connectivity index (χ1) is 9.52. The SMILES string of the molecule is C=C(C)C(=O)OC(C)CC(C)(C)C(CCN)=C(C)C(=O)O. The maximum Gasteiger partial charge on any atom is 0.333 e. The Morgan fingerprint density at radius 2 is 1.86 bits per heavy atom. The van der Waals surface area contributed by atoms with E-state index in [2.05, 4.69) is 6.58 Å². The molecule has 0 aromatic carbocycles. The largest absolute Gasteiger partial charge is 0.478 e. The number of hydrogen-bond donors (Lipinski definition) is 2. The normalized spacial score (nSPS) is 14.2. The molecule has 0 fully saturated rings. The van der Waals surface area contributed by atoms with Gasteiger partial charge in [-0.25, -0.2) is 9.59 Å². The Bertz CT molecular complexity index is 449. The Hall–Kier alpha value is -1.62. The molecule has 0 aliphatic rings. The molecule has 0 aromatic rings. The van der Waals surface area contributed by atoms with E-state index in [0.717, 1.165) is 5.57 Å². The van der Waals surface area contributed by atoms with Gasteiger partial charge in [0.05, 0.1) is 0 Å². The molecular weight excluding hydrogens is 270 g/mol. The van der Waals surface area contributed by atoms with Crippen LogP contribution in [0.3, 0.4) is 0 Å². The van der Waals surface area contributed by atoms with Gasteiger partial charge in [-0.3, -0.25) is 0 Å². The molecule has 120 valence electrons. The predicted octanol–water partition coefficient (Wildman–Crippen LogP) is 2.66. The molecular formula is C16H27NO4. The zero-order valence-corrected chi connectivity index (χ0v) is 13.7. The van der Waals surface area contributed by atoms with Gasteiger partial charge < -0.3 is 15.6 Å². The molecule has 1 unspecified atom stereocenters. The van der Waals surface area contributed by atoms with Crippen LogP contribution in [0.15, 0.2) is 23.3 Å². The lowest BCUT2D eigenvalue weighted by Crippen LogP contribution is -2.27. The molecule has 0 heterocycles. The Labute approximate surface area is 126 Å². The zero-order chi connectivity index (χ0) is 16.8. The minimum atomic E-state index is -0.946. The molecule has 3 N–H and O–H groups in total. The van der Waals surface area contributed by atoms with Gasteiger partial charge in [-0.05, 0) is 45.6 Å². The van der Waals surface area contributed by atoms with Crippen molar-refractivity contribution in [2.75, 3.05) is 6.54 Å². The maximum absolute atomic E-state index is 11.5. The molecule has 0 aliphatic carbocycles. The summed E-state index contributed by atoms with van der Waals surface area (Å²) < 4.78 is 5.28. The summed E-state index contributed by atoms with van der Waals surface area (Å²) in [5, 5.41) is 9.20. The average molecular weight is 297 g/mol. The van der Waals surface area contributed by atoms with Crippen molar-refractivity contribution in [1.29, 1.82) is 0 Å². The summed E-state index contributed by atoms with van der Waals surface area (Å²) in [6.45, 7) is 12.8. The molecule has 0 aliphatic heterocycles. The van der Waals surface area contributed by atoms with Crippen LogP contribution in [0.4, 0.5) is 0 Å². The van der Waals surface area contributed by atoms with Crippen molar-refractivity contribution < 1.29 is 19.4 Å². The molecule has 5 nitrogen and oxygen atoms in total. The van der Waals surface area contributed by atoms with E-state index < -0.39 is 17.4 Å². The average Bonchev–Trinajstić information content (AvgIpc) is 2.33. The first kappa shape index (κ1) is 19.4. The van der Waals surface area contributed by atoms with Gasteiger partial charge in [-0.1, -0.05) is 26.0 Å². The van der Waals surface area contributed by atoms with Crippen LogP contribution in [0.2, 0.25) is 0 Å². The smallest absolute Gasteiger partial charge is 0.333 e. The first-order valence-corrected chi connectivity index (χ1v) is 7.03. The molecule has 0 saturated heterocycles. The monoisotopic (exact) mass is 297 g/mol. The number of carboxylic acid groups (broad SMARTS) is 1. The van der Waals surface area contributed by atoms with E-state index in [0.29, 0.717) is 30.5 Å². The van der Waals surface area contributed by atoms with E-state index in [1.54, 1.807) is 20.8 Å². The first-order valence-electron chi connectivity index (χ1n) is 7.03. The molecule has 0 radical (unpaired) electrons. The van der Waals surface area contributed by atoms with Crippen LogP contribution < -0.4 is 5.73 Å². The van der Waals surface area contributed by atoms with Crippen molar-refractivity contribution in [3.8, 4) is 0 Å². The summed E-state index contributed by atoms with van der Waals surface area (Å²) in [4.78, 5) is 22.7. The molecule has 0 bridgehead atoms. The second-order valence-electron chi connectivity index (χ2n) is 6.03. The lowest BCUT2D eigenvalue weighted by molar-refractivity contribution is -0.144. The lowest BCUT2D eigenvalue weighted by Gasteiger charge is -2.32. The predicted molar refractivity (Wildman–Crippen MR) is 82.8 cm³/mol. The van der Waals surface area contributed by atoms with Gasteiger partial charge in [0.25, 0.3) is 0 Å². The highest BCUT2D eigenvalue weighted by Crippen LogP contribution is 2.36. The summed E-state index contributed by atoms with van der Waals surface area (Å²) in [5.41, 5.74) is 6.61. The third-order valence-electron chi connectivity index (χ3n) is 3.44. The van der Waals surface area contributed by atoms with Crippen molar-refractivity contribution in [2.24, 2.45) is 11.1 Å². The van der Waals surface area contributed by atoms with Crippen molar-refractivity contribution in [3.63, 3.8) is 0 Å². The van der Waals surface area contributed by atoms with E-state index in [9.17, 15) is 14.7 Å². The summed E-state index contributed by atoms with van der Waals surface area (Å²) in [6, 6.07) is 0. The highest BCUT2D eigenvalue weighted by atomic mass is 16.5. The number of hydrogen-bond acceptors (Lipinski definition) is 4. The number of carbonyl (C=O) groups excluding carboxylic acids is 1. The fourth-order valence-electron chi connectivity index (χ4n) is 2.47. The number of rotatable bonds is 8. The summed E-state index contributed by atoms with van der Waals surface area (Å²) >= 11 is 0. The van der Waals surface area contributed by atoms with E-state index in [1.165, 1.54) is 0 Å². The topological polar surface area (TPSA) is 89.6 Å². The third-order valence-corrected chi connectivity index (χ3v) is 3.44. The van der Waals surface area contributed by atoms with Gasteiger partial charge >= 0.3 is 11.9 Å². The maximum atomic E-state index is 11.5. The van der Waals surface area contributed by atoms with Gasteiger partial charge in [0.1, 0.15) is 6.10 Å². The van der Waals surface area contributed by atoms with Crippen LogP contribution in [-0.2, 0) is 14.3 Å². The molecule has 0 rings (SSSR count). The van der Waals surface area contributed by atoms with Crippen molar-refractivity contribution in [2.45, 2.75) is 53.6 Å². The van der Waals surface area contributed by atoms with Crippen LogP contribution in [0.1, 0.15) is 47.5 Å². The number of carbonyl (C=O) groups is 2. The number of aliphatic carboxylic acids is 1. The number of nitrogens with two attached hydrogens (primary N) is 1. The number of ether oxygens (including phenoxy) is 1. The van der Waals surface area contributed by atoms with Crippen LogP contribution in [-0.4, -0.2) is 29.7 Å². The lowest BCUT2D eigenvalue weighted by atomic mass is 9.76. The van der Waals surface area contributed by atoms with Crippen LogP contribution in [0, 0.1) is 5.41 Å². The van der Waals surface area contributed by atoms with E-state index in [4.69, 9.17) is 10.5 Å². The summed E-state index contributed by atoms with van der Waals surface area (Å²) in [5.74, 6) is -1.38. The molecule has 0 spiro atoms. The number of esters is 1. The molecule has 21 heavy (non-hydrogen) atoms. The van der Waals surface area contributed by atoms with Gasteiger partial charge in [0.2, 0.25) is 0 Å². The highest BCUT2D eigenvalue weighted by molar-refractivity contribution is 5.87. The zero-order valence-electron chi connectivity index (χ0n) is 13.7. The van der Waals surface area contributed by atoms with E-state index >= 15 is 0 Å². The Balaban J connectivity index is 5.15. The minimum Gasteiger partial charge on any atom is -0.478 e. The number of carboxylic acids is 1. The quantitative estimate of drug-likeness (QED) is 0.531. The Morgan fingerprint density at radius 1 is 1.33 bits per heavy atom.